The summed E-state index contributed by atoms with van der Waals surface area (Å²) in [6.07, 6.45) is 3.55. The molecule has 5 heteroatoms. The summed E-state index contributed by atoms with van der Waals surface area (Å²) in [5, 5.41) is 8.05. The molecule has 0 aliphatic carbocycles. The second-order valence-corrected chi connectivity index (χ2v) is 2.03. The number of aliphatic imine (C=N–C) groups is 1. The van der Waals surface area contributed by atoms with Gasteiger partial charge in [-0.25, -0.2) is 0 Å². The fraction of sp³-hybridized carbons (Fsp3) is 0.667. The quantitative estimate of drug-likeness (QED) is 0.128. The molecule has 0 bridgehead atoms. The molecule has 11 heavy (non-hydrogen) atoms. The zero-order chi connectivity index (χ0) is 7.82. The van der Waals surface area contributed by atoms with E-state index < -0.39 is 0 Å². The predicted octanol–water partition coefficient (Wildman–Crippen LogP) is -1.81. The molecule has 0 saturated heterocycles. The molecule has 0 aliphatic heterocycles. The van der Waals surface area contributed by atoms with Crippen molar-refractivity contribution in [2.75, 3.05) is 6.61 Å². The Morgan fingerprint density at radius 1 is 1.73 bits per heavy atom. The Morgan fingerprint density at radius 2 is 2.36 bits per heavy atom. The molecule has 0 saturated carbocycles. The molecular weight excluding hydrogens is 171 g/mol. The van der Waals surface area contributed by atoms with Gasteiger partial charge in [0, 0.05) is 0 Å². The normalized spacial score (nSPS) is 9.64. The summed E-state index contributed by atoms with van der Waals surface area (Å²) in [5.74, 6) is 0. The van der Waals surface area contributed by atoms with Gasteiger partial charge < -0.3 is 17.4 Å². The topological polar surface area (TPSA) is 45.4 Å². The van der Waals surface area contributed by atoms with Gasteiger partial charge in [0.25, 0.3) is 0 Å². The molecule has 0 unspecified atom stereocenters. The molecule has 0 radical (unpaired) electrons. The molecule has 0 heterocycles. The molecule has 3 nitrogen and oxygen atoms in total. The Labute approximate surface area is 94.5 Å². The van der Waals surface area contributed by atoms with Crippen molar-refractivity contribution < 1.29 is 34.3 Å². The summed E-state index contributed by atoms with van der Waals surface area (Å²) < 4.78 is 4.87. The average molecular weight is 180 g/mol. The van der Waals surface area contributed by atoms with Crippen LogP contribution in [0.5, 0.6) is 0 Å². The summed E-state index contributed by atoms with van der Waals surface area (Å²) in [5.41, 5.74) is 0. The van der Waals surface area contributed by atoms with Gasteiger partial charge in [-0.05, 0) is 6.42 Å². The zero-order valence-electron chi connectivity index (χ0n) is 6.83. The monoisotopic (exact) mass is 180 g/mol. The van der Waals surface area contributed by atoms with Crippen molar-refractivity contribution in [3.8, 4) is 6.19 Å². The van der Waals surface area contributed by atoms with Crippen LogP contribution in [0.3, 0.4) is 0 Å². The minimum Gasteiger partial charge on any atom is -0.721 e. The molecule has 0 fully saturated rings. The summed E-state index contributed by atoms with van der Waals surface area (Å²) in [6, 6.07) is 0. The van der Waals surface area contributed by atoms with E-state index in [2.05, 4.69) is 17.6 Å². The largest absolute Gasteiger partial charge is 1.00 e. The molecule has 0 rings (SSSR count). The van der Waals surface area contributed by atoms with E-state index in [4.69, 9.17) is 10.00 Å². The Kier molecular flexibility index (Phi) is 12.7. The molecule has 0 atom stereocenters. The van der Waals surface area contributed by atoms with Gasteiger partial charge in [-0.3, -0.25) is 0 Å². The molecule has 0 aromatic rings. The number of hydrogen-bond donors (Lipinski definition) is 0. The molecule has 0 N–H and O–H groups in total. The number of rotatable bonds is 3. The third-order valence-electron chi connectivity index (χ3n) is 0.865. The summed E-state index contributed by atoms with van der Waals surface area (Å²) >= 11 is 4.56. The first-order valence-corrected chi connectivity index (χ1v) is 3.48. The van der Waals surface area contributed by atoms with E-state index >= 15 is 0 Å². The number of unbranched alkanes of at least 4 members (excludes halogenated alkanes) is 1. The van der Waals surface area contributed by atoms with E-state index in [1.165, 1.54) is 0 Å². The molecule has 56 valence electrons. The molecule has 0 aromatic heterocycles. The summed E-state index contributed by atoms with van der Waals surface area (Å²) in [7, 11) is 0. The van der Waals surface area contributed by atoms with Crippen molar-refractivity contribution in [1.29, 1.82) is 5.26 Å². The second-order valence-electron chi connectivity index (χ2n) is 1.68. The number of hydrogen-bond acceptors (Lipinski definition) is 4. The van der Waals surface area contributed by atoms with Crippen LogP contribution in [0.4, 0.5) is 0 Å². The number of nitrogens with zero attached hydrogens (tertiary/aromatic N) is 2. The third kappa shape index (κ3) is 10.2. The van der Waals surface area contributed by atoms with Crippen molar-refractivity contribution >= 4 is 17.9 Å². The first kappa shape index (κ1) is 13.7. The van der Waals surface area contributed by atoms with Crippen LogP contribution >= 0.6 is 0 Å². The Balaban J connectivity index is 0. The van der Waals surface area contributed by atoms with E-state index in [0.29, 0.717) is 6.61 Å². The van der Waals surface area contributed by atoms with Gasteiger partial charge in [0.15, 0.2) is 0 Å². The average Bonchev–Trinajstić information content (AvgIpc) is 1.89. The molecule has 0 spiro atoms. The van der Waals surface area contributed by atoms with E-state index in [0.717, 1.165) is 12.8 Å². The fourth-order valence-electron chi connectivity index (χ4n) is 0.377. The molecule has 0 aromatic carbocycles. The summed E-state index contributed by atoms with van der Waals surface area (Å²) in [6.45, 7) is 2.61. The van der Waals surface area contributed by atoms with Crippen molar-refractivity contribution in [3.05, 3.63) is 0 Å². The Hall–Kier alpha value is 0.180. The maximum Gasteiger partial charge on any atom is 1.00 e. The fourth-order valence-corrected chi connectivity index (χ4v) is 0.501. The number of nitriles is 1. The van der Waals surface area contributed by atoms with E-state index in [-0.39, 0.29) is 34.8 Å². The maximum absolute atomic E-state index is 8.01. The van der Waals surface area contributed by atoms with Gasteiger partial charge in [0.1, 0.15) is 0 Å². The van der Waals surface area contributed by atoms with Gasteiger partial charge in [0.05, 0.1) is 11.8 Å². The maximum atomic E-state index is 8.01. The second kappa shape index (κ2) is 10.2. The van der Waals surface area contributed by atoms with Crippen LogP contribution < -0.4 is 29.6 Å². The first-order valence-electron chi connectivity index (χ1n) is 3.07. The van der Waals surface area contributed by atoms with E-state index in [9.17, 15) is 0 Å². The van der Waals surface area contributed by atoms with Gasteiger partial charge >= 0.3 is 29.6 Å². The van der Waals surface area contributed by atoms with Crippen molar-refractivity contribution in [2.24, 2.45) is 4.99 Å². The van der Waals surface area contributed by atoms with Crippen LogP contribution in [0.25, 0.3) is 0 Å². The molecule has 0 aliphatic rings. The van der Waals surface area contributed by atoms with Crippen LogP contribution in [0.15, 0.2) is 4.99 Å². The van der Waals surface area contributed by atoms with Crippen LogP contribution in [-0.2, 0) is 17.4 Å². The first-order chi connectivity index (χ1) is 4.81. The van der Waals surface area contributed by atoms with Crippen LogP contribution in [0.1, 0.15) is 19.8 Å². The van der Waals surface area contributed by atoms with Gasteiger partial charge in [-0.1, -0.05) is 13.3 Å². The van der Waals surface area contributed by atoms with Crippen LogP contribution in [-0.4, -0.2) is 11.8 Å². The zero-order valence-corrected chi connectivity index (χ0v) is 9.65. The van der Waals surface area contributed by atoms with E-state index in [1.54, 1.807) is 6.19 Å². The van der Waals surface area contributed by atoms with E-state index in [1.807, 2.05) is 6.92 Å². The van der Waals surface area contributed by atoms with Crippen LogP contribution in [0.2, 0.25) is 0 Å². The predicted molar refractivity (Wildman–Crippen MR) is 41.3 cm³/mol. The standard InChI is InChI=1S/C6H10N2OS.Na/c1-2-3-4-9-6(10)8-5-7;/h2-4H2,1H3,(H,8,10);/q;+1/p-1. The minimum atomic E-state index is 0. The molecule has 0 amide bonds. The van der Waals surface area contributed by atoms with Crippen LogP contribution in [0, 0.1) is 11.5 Å². The van der Waals surface area contributed by atoms with Crippen molar-refractivity contribution in [1.82, 2.24) is 0 Å². The number of ether oxygens (including phenoxy) is 1. The van der Waals surface area contributed by atoms with Gasteiger partial charge in [0.2, 0.25) is 6.19 Å². The Bertz CT molecular complexity index is 155. The smallest absolute Gasteiger partial charge is 0.721 e. The third-order valence-corrected chi connectivity index (χ3v) is 1.07. The van der Waals surface area contributed by atoms with Gasteiger partial charge in [-0.15, -0.1) is 0 Å². The minimum absolute atomic E-state index is 0. The summed E-state index contributed by atoms with van der Waals surface area (Å²) in [4.78, 5) is 3.21. The Morgan fingerprint density at radius 3 is 2.82 bits per heavy atom. The van der Waals surface area contributed by atoms with Crippen molar-refractivity contribution in [2.45, 2.75) is 19.8 Å². The molecular formula is C6H9N2NaOS. The van der Waals surface area contributed by atoms with Gasteiger partial charge in [-0.2, -0.15) is 10.3 Å². The SMILES string of the molecule is CCCCOC([S-])=NC#N.[Na+]. The van der Waals surface area contributed by atoms with Crippen molar-refractivity contribution in [3.63, 3.8) is 0 Å².